The Balaban J connectivity index is 2.21. The molecule has 0 saturated carbocycles. The first-order chi connectivity index (χ1) is 9.38. The molecule has 19 heavy (non-hydrogen) atoms. The average molecular weight is 264 g/mol. The van der Waals surface area contributed by atoms with E-state index in [1.807, 2.05) is 18.5 Å². The molecule has 1 aromatic rings. The standard InChI is InChI=1S/C16H28N2O/c1-3-5-6-7-8-9-12-19-16-14-18-11-10-15(16)13-17-4-2/h10-11,14,17H,3-9,12-13H2,1-2H3. The van der Waals surface area contributed by atoms with Crippen molar-refractivity contribution in [3.63, 3.8) is 0 Å². The van der Waals surface area contributed by atoms with Crippen molar-refractivity contribution in [3.05, 3.63) is 24.0 Å². The van der Waals surface area contributed by atoms with Crippen LogP contribution in [0.5, 0.6) is 5.75 Å². The largest absolute Gasteiger partial charge is 0.492 e. The molecule has 0 aromatic carbocycles. The van der Waals surface area contributed by atoms with Crippen LogP contribution in [-0.2, 0) is 6.54 Å². The molecule has 0 radical (unpaired) electrons. The maximum atomic E-state index is 5.84. The zero-order valence-corrected chi connectivity index (χ0v) is 12.5. The first kappa shape index (κ1) is 16.0. The number of hydrogen-bond donors (Lipinski definition) is 1. The van der Waals surface area contributed by atoms with E-state index in [9.17, 15) is 0 Å². The zero-order valence-electron chi connectivity index (χ0n) is 12.5. The van der Waals surface area contributed by atoms with E-state index in [2.05, 4.69) is 24.1 Å². The van der Waals surface area contributed by atoms with Gasteiger partial charge < -0.3 is 10.1 Å². The normalized spacial score (nSPS) is 10.6. The van der Waals surface area contributed by atoms with Crippen LogP contribution in [0.15, 0.2) is 18.5 Å². The molecule has 0 spiro atoms. The lowest BCUT2D eigenvalue weighted by molar-refractivity contribution is 0.299. The van der Waals surface area contributed by atoms with Gasteiger partial charge in [-0.2, -0.15) is 0 Å². The van der Waals surface area contributed by atoms with E-state index in [0.29, 0.717) is 0 Å². The Morgan fingerprint density at radius 2 is 1.89 bits per heavy atom. The van der Waals surface area contributed by atoms with Crippen molar-refractivity contribution in [2.45, 2.75) is 58.9 Å². The maximum absolute atomic E-state index is 5.84. The van der Waals surface area contributed by atoms with E-state index in [-0.39, 0.29) is 0 Å². The second-order valence-electron chi connectivity index (χ2n) is 4.88. The third kappa shape index (κ3) is 7.16. The molecule has 3 heteroatoms. The van der Waals surface area contributed by atoms with E-state index in [0.717, 1.165) is 31.9 Å². The van der Waals surface area contributed by atoms with Crippen molar-refractivity contribution in [2.75, 3.05) is 13.2 Å². The Morgan fingerprint density at radius 1 is 1.11 bits per heavy atom. The van der Waals surface area contributed by atoms with Gasteiger partial charge >= 0.3 is 0 Å². The van der Waals surface area contributed by atoms with Gasteiger partial charge in [0.05, 0.1) is 12.8 Å². The van der Waals surface area contributed by atoms with Gasteiger partial charge in [-0.3, -0.25) is 4.98 Å². The molecule has 0 amide bonds. The molecule has 0 unspecified atom stereocenters. The van der Waals surface area contributed by atoms with E-state index >= 15 is 0 Å². The number of hydrogen-bond acceptors (Lipinski definition) is 3. The van der Waals surface area contributed by atoms with Gasteiger partial charge in [-0.25, -0.2) is 0 Å². The zero-order chi connectivity index (χ0) is 13.8. The highest BCUT2D eigenvalue weighted by Crippen LogP contribution is 2.16. The molecule has 0 saturated heterocycles. The number of unbranched alkanes of at least 4 members (excludes halogenated alkanes) is 5. The smallest absolute Gasteiger partial charge is 0.142 e. The van der Waals surface area contributed by atoms with Crippen molar-refractivity contribution in [1.82, 2.24) is 10.3 Å². The van der Waals surface area contributed by atoms with Gasteiger partial charge in [0, 0.05) is 18.3 Å². The number of nitrogens with zero attached hydrogens (tertiary/aromatic N) is 1. The van der Waals surface area contributed by atoms with Crippen molar-refractivity contribution >= 4 is 0 Å². The summed E-state index contributed by atoms with van der Waals surface area (Å²) in [5.41, 5.74) is 1.20. The first-order valence-corrected chi connectivity index (χ1v) is 7.64. The molecule has 3 nitrogen and oxygen atoms in total. The second kappa shape index (κ2) is 10.8. The summed E-state index contributed by atoms with van der Waals surface area (Å²) < 4.78 is 5.84. The SMILES string of the molecule is CCCCCCCCOc1cnccc1CNCC. The van der Waals surface area contributed by atoms with Gasteiger partial charge in [0.1, 0.15) is 5.75 Å². The second-order valence-corrected chi connectivity index (χ2v) is 4.88. The topological polar surface area (TPSA) is 34.1 Å². The van der Waals surface area contributed by atoms with Crippen LogP contribution >= 0.6 is 0 Å². The molecule has 0 aliphatic carbocycles. The van der Waals surface area contributed by atoms with E-state index in [4.69, 9.17) is 4.74 Å². The molecular weight excluding hydrogens is 236 g/mol. The summed E-state index contributed by atoms with van der Waals surface area (Å²) in [5, 5.41) is 3.32. The minimum atomic E-state index is 0.803. The van der Waals surface area contributed by atoms with Gasteiger partial charge in [-0.05, 0) is 19.0 Å². The number of ether oxygens (including phenoxy) is 1. The Labute approximate surface area is 117 Å². The highest BCUT2D eigenvalue weighted by Gasteiger charge is 2.02. The summed E-state index contributed by atoms with van der Waals surface area (Å²) in [7, 11) is 0. The highest BCUT2D eigenvalue weighted by molar-refractivity contribution is 5.29. The Hall–Kier alpha value is -1.09. The summed E-state index contributed by atoms with van der Waals surface area (Å²) in [6.07, 6.45) is 11.4. The number of nitrogens with one attached hydrogen (secondary N) is 1. The fraction of sp³-hybridized carbons (Fsp3) is 0.688. The lowest BCUT2D eigenvalue weighted by atomic mass is 10.1. The quantitative estimate of drug-likeness (QED) is 0.615. The molecule has 0 aliphatic heterocycles. The van der Waals surface area contributed by atoms with Crippen LogP contribution in [0.25, 0.3) is 0 Å². The monoisotopic (exact) mass is 264 g/mol. The first-order valence-electron chi connectivity index (χ1n) is 7.64. The van der Waals surface area contributed by atoms with Crippen LogP contribution in [0, 0.1) is 0 Å². The predicted octanol–water partition coefficient (Wildman–Crippen LogP) is 3.93. The van der Waals surface area contributed by atoms with Crippen molar-refractivity contribution in [3.8, 4) is 5.75 Å². The molecule has 1 N–H and O–H groups in total. The van der Waals surface area contributed by atoms with Crippen LogP contribution in [0.3, 0.4) is 0 Å². The average Bonchev–Trinajstić information content (AvgIpc) is 2.45. The molecule has 1 aromatic heterocycles. The number of rotatable bonds is 11. The molecule has 0 bridgehead atoms. The Kier molecular flexibility index (Phi) is 9.07. The molecule has 108 valence electrons. The summed E-state index contributed by atoms with van der Waals surface area (Å²) >= 11 is 0. The van der Waals surface area contributed by atoms with Crippen molar-refractivity contribution in [1.29, 1.82) is 0 Å². The lowest BCUT2D eigenvalue weighted by Gasteiger charge is -2.11. The van der Waals surface area contributed by atoms with E-state index in [1.54, 1.807) is 0 Å². The predicted molar refractivity (Wildman–Crippen MR) is 80.5 cm³/mol. The summed E-state index contributed by atoms with van der Waals surface area (Å²) in [6, 6.07) is 2.03. The van der Waals surface area contributed by atoms with Gasteiger partial charge in [0.2, 0.25) is 0 Å². The Morgan fingerprint density at radius 3 is 2.68 bits per heavy atom. The third-order valence-corrected chi connectivity index (χ3v) is 3.19. The fourth-order valence-electron chi connectivity index (χ4n) is 2.01. The highest BCUT2D eigenvalue weighted by atomic mass is 16.5. The summed E-state index contributed by atoms with van der Waals surface area (Å²) in [6.45, 7) is 6.98. The van der Waals surface area contributed by atoms with Crippen LogP contribution in [0.1, 0.15) is 57.9 Å². The minimum Gasteiger partial charge on any atom is -0.492 e. The molecular formula is C16H28N2O. The van der Waals surface area contributed by atoms with E-state index in [1.165, 1.54) is 37.7 Å². The number of aromatic nitrogens is 1. The van der Waals surface area contributed by atoms with Crippen LogP contribution in [0.2, 0.25) is 0 Å². The van der Waals surface area contributed by atoms with Crippen LogP contribution in [-0.4, -0.2) is 18.1 Å². The van der Waals surface area contributed by atoms with Crippen LogP contribution in [0.4, 0.5) is 0 Å². The van der Waals surface area contributed by atoms with Crippen LogP contribution < -0.4 is 10.1 Å². The third-order valence-electron chi connectivity index (χ3n) is 3.19. The lowest BCUT2D eigenvalue weighted by Crippen LogP contribution is -2.13. The van der Waals surface area contributed by atoms with Gasteiger partial charge in [0.25, 0.3) is 0 Å². The number of pyridine rings is 1. The molecule has 0 atom stereocenters. The molecule has 0 aliphatic rings. The molecule has 1 heterocycles. The fourth-order valence-corrected chi connectivity index (χ4v) is 2.01. The Bertz CT molecular complexity index is 328. The molecule has 1 rings (SSSR count). The summed E-state index contributed by atoms with van der Waals surface area (Å²) in [4.78, 5) is 4.14. The maximum Gasteiger partial charge on any atom is 0.142 e. The van der Waals surface area contributed by atoms with Gasteiger partial charge in [-0.15, -0.1) is 0 Å². The van der Waals surface area contributed by atoms with Crippen molar-refractivity contribution in [2.24, 2.45) is 0 Å². The van der Waals surface area contributed by atoms with Crippen molar-refractivity contribution < 1.29 is 4.74 Å². The van der Waals surface area contributed by atoms with Gasteiger partial charge in [-0.1, -0.05) is 46.0 Å². The minimum absolute atomic E-state index is 0.803. The van der Waals surface area contributed by atoms with E-state index < -0.39 is 0 Å². The summed E-state index contributed by atoms with van der Waals surface area (Å²) in [5.74, 6) is 0.928. The molecule has 0 fully saturated rings. The van der Waals surface area contributed by atoms with Gasteiger partial charge in [0.15, 0.2) is 0 Å².